The zero-order chi connectivity index (χ0) is 19.1. The van der Waals surface area contributed by atoms with E-state index in [4.69, 9.17) is 9.88 Å². The Hall–Kier alpha value is -2.71. The number of hydrogen-bond acceptors (Lipinski definition) is 5. The molecule has 1 unspecified atom stereocenters. The number of sulfonamides is 1. The van der Waals surface area contributed by atoms with Gasteiger partial charge in [-0.1, -0.05) is 18.2 Å². The first-order chi connectivity index (χ1) is 12.2. The Labute approximate surface area is 151 Å². The van der Waals surface area contributed by atoms with Crippen molar-refractivity contribution in [2.45, 2.75) is 23.7 Å². The molecule has 136 valence electrons. The number of nitrogens with two attached hydrogens (primary N) is 1. The fraction of sp³-hybridized carbons (Fsp3) is 0.222. The number of benzene rings is 2. The third-order valence-electron chi connectivity index (χ3n) is 4.55. The van der Waals surface area contributed by atoms with Gasteiger partial charge in [-0.25, -0.2) is 18.5 Å². The molecule has 2 aromatic carbocycles. The smallest absolute Gasteiger partial charge is 0.244 e. The van der Waals surface area contributed by atoms with Crippen LogP contribution >= 0.6 is 0 Å². The summed E-state index contributed by atoms with van der Waals surface area (Å²) in [4.78, 5) is 26.7. The molecule has 0 radical (unpaired) electrons. The number of anilines is 1. The predicted octanol–water partition coefficient (Wildman–Crippen LogP) is 1.56. The zero-order valence-electron chi connectivity index (χ0n) is 14.3. The highest BCUT2D eigenvalue weighted by atomic mass is 32.2. The lowest BCUT2D eigenvalue weighted by Crippen LogP contribution is -2.36. The maximum absolute atomic E-state index is 13.1. The Bertz CT molecular complexity index is 985. The lowest BCUT2D eigenvalue weighted by atomic mass is 9.80. The summed E-state index contributed by atoms with van der Waals surface area (Å²) in [7, 11) is -2.34. The van der Waals surface area contributed by atoms with Crippen molar-refractivity contribution in [2.24, 2.45) is 5.14 Å². The van der Waals surface area contributed by atoms with Crippen LogP contribution in [-0.4, -0.2) is 27.3 Å². The summed E-state index contributed by atoms with van der Waals surface area (Å²) in [6, 6.07) is 12.4. The van der Waals surface area contributed by atoms with Gasteiger partial charge in [0.1, 0.15) is 5.75 Å². The molecule has 1 aliphatic rings. The minimum absolute atomic E-state index is 0.0108. The number of primary sulfonamides is 1. The molecule has 26 heavy (non-hydrogen) atoms. The van der Waals surface area contributed by atoms with Gasteiger partial charge in [0.05, 0.1) is 23.1 Å². The van der Waals surface area contributed by atoms with Gasteiger partial charge in [-0.2, -0.15) is 0 Å². The number of ether oxygens (including phenoxy) is 1. The molecule has 1 heterocycles. The third kappa shape index (κ3) is 2.87. The van der Waals surface area contributed by atoms with E-state index in [-0.39, 0.29) is 17.2 Å². The fourth-order valence-electron chi connectivity index (χ4n) is 3.17. The van der Waals surface area contributed by atoms with E-state index >= 15 is 0 Å². The Morgan fingerprint density at radius 3 is 2.27 bits per heavy atom. The molecule has 0 aromatic heterocycles. The largest absolute Gasteiger partial charge is 0.496 e. The van der Waals surface area contributed by atoms with E-state index in [0.29, 0.717) is 17.0 Å². The maximum Gasteiger partial charge on any atom is 0.244 e. The first-order valence-corrected chi connectivity index (χ1v) is 9.37. The van der Waals surface area contributed by atoms with Crippen LogP contribution in [0, 0.1) is 0 Å². The van der Waals surface area contributed by atoms with E-state index < -0.39 is 21.3 Å². The quantitative estimate of drug-likeness (QED) is 0.818. The molecule has 8 heteroatoms. The van der Waals surface area contributed by atoms with Crippen LogP contribution in [-0.2, 0) is 25.0 Å². The van der Waals surface area contributed by atoms with Crippen LogP contribution in [0.1, 0.15) is 18.9 Å². The summed E-state index contributed by atoms with van der Waals surface area (Å²) in [6.45, 7) is 1.70. The van der Waals surface area contributed by atoms with Gasteiger partial charge in [-0.3, -0.25) is 9.59 Å². The predicted molar refractivity (Wildman–Crippen MR) is 95.3 cm³/mol. The Balaban J connectivity index is 2.02. The molecule has 1 saturated heterocycles. The number of carbonyl (C=O) groups is 2. The molecule has 0 spiro atoms. The van der Waals surface area contributed by atoms with E-state index in [1.54, 1.807) is 31.2 Å². The van der Waals surface area contributed by atoms with Crippen molar-refractivity contribution < 1.29 is 22.7 Å². The van der Waals surface area contributed by atoms with Gasteiger partial charge in [-0.05, 0) is 37.3 Å². The topological polar surface area (TPSA) is 107 Å². The van der Waals surface area contributed by atoms with Crippen molar-refractivity contribution >= 4 is 27.5 Å². The van der Waals surface area contributed by atoms with E-state index in [9.17, 15) is 18.0 Å². The van der Waals surface area contributed by atoms with Crippen LogP contribution < -0.4 is 14.8 Å². The van der Waals surface area contributed by atoms with Gasteiger partial charge >= 0.3 is 0 Å². The molecule has 2 amide bonds. The Morgan fingerprint density at radius 1 is 1.08 bits per heavy atom. The molecule has 0 saturated carbocycles. The highest BCUT2D eigenvalue weighted by molar-refractivity contribution is 7.89. The summed E-state index contributed by atoms with van der Waals surface area (Å²) in [5.41, 5.74) is -0.141. The average Bonchev–Trinajstić information content (AvgIpc) is 2.84. The molecule has 2 aromatic rings. The lowest BCUT2D eigenvalue weighted by Gasteiger charge is -2.24. The summed E-state index contributed by atoms with van der Waals surface area (Å²) in [5.74, 6) is -0.232. The van der Waals surface area contributed by atoms with Gasteiger partial charge in [0.15, 0.2) is 0 Å². The average molecular weight is 374 g/mol. The van der Waals surface area contributed by atoms with Crippen LogP contribution in [0.15, 0.2) is 53.4 Å². The number of carbonyl (C=O) groups excluding carboxylic acids is 2. The molecule has 0 aliphatic carbocycles. The minimum atomic E-state index is -3.85. The molecular weight excluding hydrogens is 356 g/mol. The second kappa shape index (κ2) is 6.22. The summed E-state index contributed by atoms with van der Waals surface area (Å²) in [5, 5.41) is 5.08. The number of methoxy groups -OCH3 is 1. The van der Waals surface area contributed by atoms with Crippen molar-refractivity contribution in [3.63, 3.8) is 0 Å². The van der Waals surface area contributed by atoms with E-state index in [0.717, 1.165) is 4.90 Å². The van der Waals surface area contributed by atoms with Crippen LogP contribution in [0.4, 0.5) is 5.69 Å². The summed E-state index contributed by atoms with van der Waals surface area (Å²) in [6.07, 6.45) is -0.0108. The SMILES string of the molecule is COc1ccccc1C1(C)CC(=O)N(c2ccc(S(N)(=O)=O)cc2)C1=O. The highest BCUT2D eigenvalue weighted by Gasteiger charge is 2.51. The van der Waals surface area contributed by atoms with E-state index in [1.807, 2.05) is 0 Å². The van der Waals surface area contributed by atoms with E-state index in [1.165, 1.54) is 31.4 Å². The Morgan fingerprint density at radius 2 is 1.69 bits per heavy atom. The monoisotopic (exact) mass is 374 g/mol. The normalized spacial score (nSPS) is 20.5. The van der Waals surface area contributed by atoms with Gasteiger partial charge in [0.25, 0.3) is 0 Å². The van der Waals surface area contributed by atoms with Crippen molar-refractivity contribution in [3.05, 3.63) is 54.1 Å². The molecule has 0 bridgehead atoms. The third-order valence-corrected chi connectivity index (χ3v) is 5.48. The molecular formula is C18H18N2O5S. The molecule has 7 nitrogen and oxygen atoms in total. The first kappa shape index (κ1) is 18.1. The second-order valence-corrected chi connectivity index (χ2v) is 7.84. The van der Waals surface area contributed by atoms with Crippen LogP contribution in [0.3, 0.4) is 0 Å². The van der Waals surface area contributed by atoms with Crippen LogP contribution in [0.2, 0.25) is 0 Å². The first-order valence-electron chi connectivity index (χ1n) is 7.82. The number of amides is 2. The molecule has 2 N–H and O–H groups in total. The standard InChI is InChI=1S/C18H18N2O5S/c1-18(14-5-3-4-6-15(14)25-2)11-16(21)20(17(18)22)12-7-9-13(10-8-12)26(19,23)24/h3-10H,11H2,1-2H3,(H2,19,23,24). The van der Waals surface area contributed by atoms with Crippen molar-refractivity contribution in [2.75, 3.05) is 12.0 Å². The molecule has 1 aliphatic heterocycles. The van der Waals surface area contributed by atoms with Crippen molar-refractivity contribution in [1.82, 2.24) is 0 Å². The minimum Gasteiger partial charge on any atom is -0.496 e. The van der Waals surface area contributed by atoms with Gasteiger partial charge in [0.2, 0.25) is 21.8 Å². The fourth-order valence-corrected chi connectivity index (χ4v) is 3.69. The number of hydrogen-bond donors (Lipinski definition) is 1. The van der Waals surface area contributed by atoms with Gasteiger partial charge < -0.3 is 4.74 Å². The van der Waals surface area contributed by atoms with Crippen LogP contribution in [0.5, 0.6) is 5.75 Å². The molecule has 3 rings (SSSR count). The summed E-state index contributed by atoms with van der Waals surface area (Å²) < 4.78 is 28.1. The van der Waals surface area contributed by atoms with Crippen molar-refractivity contribution in [1.29, 1.82) is 0 Å². The molecule has 1 fully saturated rings. The van der Waals surface area contributed by atoms with Crippen molar-refractivity contribution in [3.8, 4) is 5.75 Å². The maximum atomic E-state index is 13.1. The number of para-hydroxylation sites is 1. The Kier molecular flexibility index (Phi) is 4.33. The van der Waals surface area contributed by atoms with E-state index in [2.05, 4.69) is 0 Å². The summed E-state index contributed by atoms with van der Waals surface area (Å²) >= 11 is 0. The lowest BCUT2D eigenvalue weighted by molar-refractivity contribution is -0.122. The van der Waals surface area contributed by atoms with Crippen LogP contribution in [0.25, 0.3) is 0 Å². The second-order valence-electron chi connectivity index (χ2n) is 6.28. The number of nitrogens with zero attached hydrogens (tertiary/aromatic N) is 1. The molecule has 1 atom stereocenters. The number of rotatable bonds is 4. The number of imide groups is 1. The van der Waals surface area contributed by atoms with Gasteiger partial charge in [0, 0.05) is 12.0 Å². The highest BCUT2D eigenvalue weighted by Crippen LogP contribution is 2.42. The van der Waals surface area contributed by atoms with Gasteiger partial charge in [-0.15, -0.1) is 0 Å². The zero-order valence-corrected chi connectivity index (χ0v) is 15.1.